The van der Waals surface area contributed by atoms with Crippen LogP contribution in [0.4, 0.5) is 0 Å². The van der Waals surface area contributed by atoms with E-state index in [0.29, 0.717) is 5.84 Å². The number of aliphatic imine (C=N–C) groups is 2. The fourth-order valence-electron chi connectivity index (χ4n) is 0.983. The van der Waals surface area contributed by atoms with Gasteiger partial charge in [0, 0.05) is 6.54 Å². The first-order chi connectivity index (χ1) is 6.77. The van der Waals surface area contributed by atoms with E-state index in [1.54, 1.807) is 0 Å². The first-order valence-electron chi connectivity index (χ1n) is 4.41. The summed E-state index contributed by atoms with van der Waals surface area (Å²) in [6.45, 7) is 2.82. The number of halogens is 1. The summed E-state index contributed by atoms with van der Waals surface area (Å²) in [5.41, 5.74) is 6.11. The molecule has 1 aromatic heterocycles. The van der Waals surface area contributed by atoms with Gasteiger partial charge in [-0.15, -0.1) is 0 Å². The van der Waals surface area contributed by atoms with Gasteiger partial charge < -0.3 is 10.7 Å². The summed E-state index contributed by atoms with van der Waals surface area (Å²) in [4.78, 5) is 11.4. The molecule has 5 heteroatoms. The molecule has 4 nitrogen and oxygen atoms in total. The van der Waals surface area contributed by atoms with Gasteiger partial charge in [-0.3, -0.25) is 4.99 Å². The van der Waals surface area contributed by atoms with Gasteiger partial charge in [-0.05, 0) is 34.5 Å². The molecular weight excluding hydrogens is 244 g/mol. The molecule has 1 heterocycles. The second kappa shape index (κ2) is 5.59. The molecule has 76 valence electrons. The van der Waals surface area contributed by atoms with Crippen LogP contribution in [0.2, 0.25) is 0 Å². The standard InChI is InChI=1S/C9H13BrN4/c1-2-5-12-9(13-6-11)7-3-4-8(10)14-7/h3-4,6,14H,2,5H2,1H3,(H2,11,12,13). The minimum atomic E-state index is 0.639. The number of amidine groups is 1. The molecule has 0 amide bonds. The van der Waals surface area contributed by atoms with Gasteiger partial charge >= 0.3 is 0 Å². The molecule has 0 saturated heterocycles. The largest absolute Gasteiger partial charge is 0.390 e. The summed E-state index contributed by atoms with van der Waals surface area (Å²) in [6, 6.07) is 3.81. The Morgan fingerprint density at radius 3 is 2.93 bits per heavy atom. The lowest BCUT2D eigenvalue weighted by atomic mass is 10.4. The lowest BCUT2D eigenvalue weighted by Crippen LogP contribution is -2.02. The summed E-state index contributed by atoms with van der Waals surface area (Å²) >= 11 is 3.33. The molecule has 14 heavy (non-hydrogen) atoms. The molecule has 0 aliphatic carbocycles. The molecule has 0 radical (unpaired) electrons. The van der Waals surface area contributed by atoms with Crippen molar-refractivity contribution in [2.24, 2.45) is 15.7 Å². The Kier molecular flexibility index (Phi) is 4.39. The Morgan fingerprint density at radius 2 is 2.43 bits per heavy atom. The van der Waals surface area contributed by atoms with Gasteiger partial charge in [0.25, 0.3) is 0 Å². The molecule has 0 fully saturated rings. The minimum Gasteiger partial charge on any atom is -0.390 e. The maximum atomic E-state index is 5.25. The Bertz CT molecular complexity index is 340. The van der Waals surface area contributed by atoms with Crippen LogP contribution in [-0.4, -0.2) is 23.7 Å². The Hall–Kier alpha value is -1.10. The molecule has 0 bridgehead atoms. The van der Waals surface area contributed by atoms with Crippen molar-refractivity contribution in [3.05, 3.63) is 22.4 Å². The van der Waals surface area contributed by atoms with Crippen molar-refractivity contribution >= 4 is 28.1 Å². The van der Waals surface area contributed by atoms with Crippen LogP contribution in [0.15, 0.2) is 26.7 Å². The van der Waals surface area contributed by atoms with Gasteiger partial charge in [-0.1, -0.05) is 6.92 Å². The van der Waals surface area contributed by atoms with E-state index in [1.807, 2.05) is 12.1 Å². The molecular formula is C9H13BrN4. The van der Waals surface area contributed by atoms with Crippen LogP contribution in [0.1, 0.15) is 19.0 Å². The van der Waals surface area contributed by atoms with E-state index in [9.17, 15) is 0 Å². The minimum absolute atomic E-state index is 0.639. The quantitative estimate of drug-likeness (QED) is 0.630. The van der Waals surface area contributed by atoms with Crippen LogP contribution in [0.3, 0.4) is 0 Å². The predicted octanol–water partition coefficient (Wildman–Crippen LogP) is 1.92. The molecule has 0 aliphatic heterocycles. The monoisotopic (exact) mass is 256 g/mol. The summed E-state index contributed by atoms with van der Waals surface area (Å²) in [7, 11) is 0. The second-order valence-corrected chi connectivity index (χ2v) is 3.56. The average Bonchev–Trinajstić information content (AvgIpc) is 2.59. The number of aromatic nitrogens is 1. The van der Waals surface area contributed by atoms with Crippen molar-refractivity contribution in [2.45, 2.75) is 13.3 Å². The lowest BCUT2D eigenvalue weighted by molar-refractivity contribution is 0.929. The zero-order valence-electron chi connectivity index (χ0n) is 8.00. The molecule has 1 rings (SSSR count). The van der Waals surface area contributed by atoms with Crippen molar-refractivity contribution in [1.29, 1.82) is 0 Å². The van der Waals surface area contributed by atoms with Crippen molar-refractivity contribution in [2.75, 3.05) is 6.54 Å². The van der Waals surface area contributed by atoms with E-state index in [0.717, 1.165) is 23.3 Å². The van der Waals surface area contributed by atoms with Crippen molar-refractivity contribution in [3.63, 3.8) is 0 Å². The van der Waals surface area contributed by atoms with E-state index in [2.05, 4.69) is 37.8 Å². The maximum absolute atomic E-state index is 5.25. The normalized spacial score (nSPS) is 12.6. The fraction of sp³-hybridized carbons (Fsp3) is 0.333. The van der Waals surface area contributed by atoms with Gasteiger partial charge in [0.05, 0.1) is 16.6 Å². The van der Waals surface area contributed by atoms with Crippen molar-refractivity contribution < 1.29 is 0 Å². The number of rotatable bonds is 3. The highest BCUT2D eigenvalue weighted by Gasteiger charge is 2.02. The Balaban J connectivity index is 2.88. The van der Waals surface area contributed by atoms with Crippen molar-refractivity contribution in [3.8, 4) is 0 Å². The third kappa shape index (κ3) is 2.99. The highest BCUT2D eigenvalue weighted by molar-refractivity contribution is 9.10. The Morgan fingerprint density at radius 1 is 1.64 bits per heavy atom. The Labute approximate surface area is 91.5 Å². The van der Waals surface area contributed by atoms with Crippen molar-refractivity contribution in [1.82, 2.24) is 4.98 Å². The highest BCUT2D eigenvalue weighted by atomic mass is 79.9. The topological polar surface area (TPSA) is 66.5 Å². The molecule has 0 saturated carbocycles. The summed E-state index contributed by atoms with van der Waals surface area (Å²) in [6.07, 6.45) is 2.24. The first-order valence-corrected chi connectivity index (χ1v) is 5.20. The number of hydrogen-bond donors (Lipinski definition) is 2. The van der Waals surface area contributed by atoms with Gasteiger partial charge in [0.1, 0.15) is 0 Å². The van der Waals surface area contributed by atoms with Gasteiger partial charge in [0.15, 0.2) is 5.84 Å². The molecule has 3 N–H and O–H groups in total. The van der Waals surface area contributed by atoms with E-state index >= 15 is 0 Å². The van der Waals surface area contributed by atoms with Gasteiger partial charge in [-0.2, -0.15) is 0 Å². The molecule has 1 aromatic rings. The van der Waals surface area contributed by atoms with Gasteiger partial charge in [0.2, 0.25) is 0 Å². The van der Waals surface area contributed by atoms with Crippen LogP contribution in [-0.2, 0) is 0 Å². The summed E-state index contributed by atoms with van der Waals surface area (Å²) < 4.78 is 0.906. The number of hydrogen-bond acceptors (Lipinski definition) is 1. The summed E-state index contributed by atoms with van der Waals surface area (Å²) in [5, 5.41) is 0. The van der Waals surface area contributed by atoms with E-state index in [1.165, 1.54) is 6.34 Å². The number of nitrogens with zero attached hydrogens (tertiary/aromatic N) is 2. The van der Waals surface area contributed by atoms with Crippen LogP contribution in [0, 0.1) is 0 Å². The van der Waals surface area contributed by atoms with E-state index < -0.39 is 0 Å². The fourth-order valence-corrected chi connectivity index (χ4v) is 1.33. The van der Waals surface area contributed by atoms with Crippen LogP contribution < -0.4 is 5.73 Å². The van der Waals surface area contributed by atoms with Crippen LogP contribution in [0.25, 0.3) is 0 Å². The molecule has 0 aliphatic rings. The zero-order chi connectivity index (χ0) is 10.4. The first kappa shape index (κ1) is 11.0. The number of H-pyrrole nitrogens is 1. The third-order valence-corrected chi connectivity index (χ3v) is 2.04. The molecule has 0 aromatic carbocycles. The van der Waals surface area contributed by atoms with Crippen LogP contribution in [0.5, 0.6) is 0 Å². The molecule has 0 atom stereocenters. The number of nitrogens with one attached hydrogen (secondary N) is 1. The predicted molar refractivity (Wildman–Crippen MR) is 62.9 cm³/mol. The molecule has 0 spiro atoms. The average molecular weight is 257 g/mol. The van der Waals surface area contributed by atoms with Crippen LogP contribution >= 0.6 is 15.9 Å². The maximum Gasteiger partial charge on any atom is 0.172 e. The summed E-state index contributed by atoms with van der Waals surface area (Å²) in [5.74, 6) is 0.639. The smallest absolute Gasteiger partial charge is 0.172 e. The SMILES string of the molecule is CCCN=C(N=CN)c1ccc(Br)[nH]1. The third-order valence-electron chi connectivity index (χ3n) is 1.57. The molecule has 0 unspecified atom stereocenters. The lowest BCUT2D eigenvalue weighted by Gasteiger charge is -1.96. The zero-order valence-corrected chi connectivity index (χ0v) is 9.58. The second-order valence-electron chi connectivity index (χ2n) is 2.70. The van der Waals surface area contributed by atoms with Gasteiger partial charge in [-0.25, -0.2) is 4.99 Å². The highest BCUT2D eigenvalue weighted by Crippen LogP contribution is 2.10. The number of nitrogens with two attached hydrogens (primary N) is 1. The van der Waals surface area contributed by atoms with E-state index in [-0.39, 0.29) is 0 Å². The number of aromatic amines is 1. The van der Waals surface area contributed by atoms with E-state index in [4.69, 9.17) is 5.73 Å².